The maximum atomic E-state index is 14.3. The maximum Gasteiger partial charge on any atom is 0.282 e. The van der Waals surface area contributed by atoms with E-state index in [0.29, 0.717) is 37.5 Å². The second-order valence-corrected chi connectivity index (χ2v) is 14.7. The van der Waals surface area contributed by atoms with Gasteiger partial charge in [-0.05, 0) is 77.7 Å². The number of amides is 1. The average Bonchev–Trinajstić information content (AvgIpc) is 3.46. The number of nitrogens with zero attached hydrogens (tertiary/aromatic N) is 7. The number of benzene rings is 1. The van der Waals surface area contributed by atoms with E-state index in [0.717, 1.165) is 52.0 Å². The summed E-state index contributed by atoms with van der Waals surface area (Å²) in [6.45, 7) is 16.7. The van der Waals surface area contributed by atoms with Crippen molar-refractivity contribution in [1.82, 2.24) is 29.9 Å². The first kappa shape index (κ1) is 37.2. The summed E-state index contributed by atoms with van der Waals surface area (Å²) >= 11 is 4.69. The molecule has 2 fully saturated rings. The fourth-order valence-electron chi connectivity index (χ4n) is 7.13. The minimum atomic E-state index is -0.619. The Labute approximate surface area is 285 Å². The van der Waals surface area contributed by atoms with Crippen LogP contribution >= 0.6 is 12.6 Å². The molecule has 2 atom stereocenters. The van der Waals surface area contributed by atoms with Crippen molar-refractivity contribution in [2.24, 2.45) is 11.3 Å². The van der Waals surface area contributed by atoms with E-state index < -0.39 is 10.8 Å². The van der Waals surface area contributed by atoms with Crippen molar-refractivity contribution >= 4 is 24.4 Å². The van der Waals surface area contributed by atoms with Crippen LogP contribution in [0.2, 0.25) is 0 Å². The van der Waals surface area contributed by atoms with Crippen LogP contribution in [0, 0.1) is 17.2 Å². The van der Waals surface area contributed by atoms with E-state index in [2.05, 4.69) is 63.4 Å². The number of hydrogen-bond acceptors (Lipinski definition) is 11. The predicted octanol–water partition coefficient (Wildman–Crippen LogP) is 4.84. The number of aromatic nitrogens is 3. The third-order valence-corrected chi connectivity index (χ3v) is 9.99. The molecule has 2 saturated heterocycles. The highest BCUT2D eigenvalue weighted by atomic mass is 32.1. The van der Waals surface area contributed by atoms with Crippen molar-refractivity contribution < 1.29 is 23.4 Å². The lowest BCUT2D eigenvalue weighted by Crippen LogP contribution is -2.62. The molecular weight excluding hydrogens is 621 g/mol. The van der Waals surface area contributed by atoms with Crippen LogP contribution in [0.25, 0.3) is 0 Å². The number of thiol groups is 1. The van der Waals surface area contributed by atoms with Crippen molar-refractivity contribution in [3.63, 3.8) is 0 Å². The van der Waals surface area contributed by atoms with Gasteiger partial charge in [-0.2, -0.15) is 0 Å². The molecule has 2 aromatic rings. The monoisotopic (exact) mass is 675 g/mol. The van der Waals surface area contributed by atoms with Crippen LogP contribution in [0.3, 0.4) is 0 Å². The highest BCUT2D eigenvalue weighted by molar-refractivity contribution is 7.81. The van der Waals surface area contributed by atoms with Gasteiger partial charge in [-0.3, -0.25) is 9.69 Å². The zero-order valence-corrected chi connectivity index (χ0v) is 30.3. The molecule has 0 saturated carbocycles. The molecule has 1 aromatic heterocycles. The molecule has 1 spiro atoms. The summed E-state index contributed by atoms with van der Waals surface area (Å²) in [5, 5.41) is 8.23. The predicted molar refractivity (Wildman–Crippen MR) is 185 cm³/mol. The first-order valence-corrected chi connectivity index (χ1v) is 17.2. The number of halogens is 1. The molecular formula is C34H54FN7O4S. The van der Waals surface area contributed by atoms with E-state index in [9.17, 15) is 9.18 Å². The fourth-order valence-corrected chi connectivity index (χ4v) is 7.50. The lowest BCUT2D eigenvalue weighted by atomic mass is 9.76. The molecule has 1 amide bonds. The van der Waals surface area contributed by atoms with Gasteiger partial charge < -0.3 is 28.9 Å². The smallest absolute Gasteiger partial charge is 0.282 e. The molecule has 2 aliphatic rings. The van der Waals surface area contributed by atoms with Crippen LogP contribution in [0.1, 0.15) is 64.2 Å². The Morgan fingerprint density at radius 2 is 1.94 bits per heavy atom. The van der Waals surface area contributed by atoms with Gasteiger partial charge >= 0.3 is 0 Å². The van der Waals surface area contributed by atoms with Gasteiger partial charge in [0.1, 0.15) is 22.8 Å². The first-order chi connectivity index (χ1) is 22.3. The van der Waals surface area contributed by atoms with E-state index in [4.69, 9.17) is 14.2 Å². The first-order valence-electron chi connectivity index (χ1n) is 16.7. The third-order valence-electron chi connectivity index (χ3n) is 9.54. The number of likely N-dealkylation sites (tertiary alicyclic amines) is 1. The number of carbonyl (C=O) groups is 1. The molecule has 13 heteroatoms. The highest BCUT2D eigenvalue weighted by Crippen LogP contribution is 2.44. The van der Waals surface area contributed by atoms with Crippen molar-refractivity contribution in [2.75, 3.05) is 78.6 Å². The Kier molecular flexibility index (Phi) is 12.8. The lowest BCUT2D eigenvalue weighted by molar-refractivity contribution is -0.0357. The molecule has 262 valence electrons. The van der Waals surface area contributed by atoms with E-state index in [-0.39, 0.29) is 34.6 Å². The van der Waals surface area contributed by atoms with Gasteiger partial charge in [-0.25, -0.2) is 9.37 Å². The van der Waals surface area contributed by atoms with Crippen molar-refractivity contribution in [2.45, 2.75) is 70.9 Å². The van der Waals surface area contributed by atoms with E-state index >= 15 is 0 Å². The SMILES string of the molecule is CCN(C(=O)c1cc(F)ccc1Oc1nncnc1N1CCC2(C1)CN([C@H](CCCN(C)C[C@](S)(COC)OC)C(C)C)C2)C(C)C. The maximum absolute atomic E-state index is 14.3. The largest absolute Gasteiger partial charge is 0.434 e. The van der Waals surface area contributed by atoms with Gasteiger partial charge in [-0.1, -0.05) is 13.8 Å². The van der Waals surface area contributed by atoms with Crippen LogP contribution in [0.5, 0.6) is 11.6 Å². The normalized spacial score (nSPS) is 18.2. The summed E-state index contributed by atoms with van der Waals surface area (Å²) in [5.41, 5.74) is 0.320. The molecule has 11 nitrogen and oxygen atoms in total. The van der Waals surface area contributed by atoms with Crippen LogP contribution in [0.4, 0.5) is 10.2 Å². The second kappa shape index (κ2) is 16.2. The molecule has 0 radical (unpaired) electrons. The molecule has 1 aromatic carbocycles. The molecule has 0 bridgehead atoms. The molecule has 0 aliphatic carbocycles. The molecule has 3 heterocycles. The minimum absolute atomic E-state index is 0.0489. The topological polar surface area (TPSA) is 96.4 Å². The average molecular weight is 676 g/mol. The number of rotatable bonds is 17. The molecule has 4 rings (SSSR count). The Balaban J connectivity index is 1.38. The van der Waals surface area contributed by atoms with Gasteiger partial charge in [0.15, 0.2) is 5.82 Å². The van der Waals surface area contributed by atoms with Crippen molar-refractivity contribution in [1.29, 1.82) is 0 Å². The summed E-state index contributed by atoms with van der Waals surface area (Å²) in [5.74, 6) is 0.768. The van der Waals surface area contributed by atoms with E-state index in [1.54, 1.807) is 19.1 Å². The standard InChI is InChI=1S/C34H54FN7O4S/c1-9-42(25(4)5)32(43)27-17-26(35)12-13-29(27)46-31-30(36-23-37-38-31)40-16-14-33(18-40)19-41(20-33)28(24(2)3)11-10-15-39(6)21-34(47,45-8)22-44-7/h12-13,17,23-25,28,47H,9-11,14-16,18-22H2,1-8H3/t28-,34+/m1/s1. The van der Waals surface area contributed by atoms with Crippen LogP contribution < -0.4 is 9.64 Å². The Bertz CT molecular complexity index is 1330. The summed E-state index contributed by atoms with van der Waals surface area (Å²) in [7, 11) is 5.45. The zero-order valence-electron chi connectivity index (χ0n) is 29.4. The third kappa shape index (κ3) is 9.11. The fraction of sp³-hybridized carbons (Fsp3) is 0.706. The van der Waals surface area contributed by atoms with Gasteiger partial charge in [0, 0.05) is 71.0 Å². The molecule has 0 unspecified atom stereocenters. The Morgan fingerprint density at radius 3 is 2.57 bits per heavy atom. The molecule has 0 N–H and O–H groups in total. The Hall–Kier alpha value is -2.58. The molecule has 2 aliphatic heterocycles. The quantitative estimate of drug-likeness (QED) is 0.185. The number of methoxy groups -OCH3 is 2. The minimum Gasteiger partial charge on any atom is -0.434 e. The number of carbonyl (C=O) groups excluding carboxylic acids is 1. The number of anilines is 1. The van der Waals surface area contributed by atoms with Gasteiger partial charge in [0.25, 0.3) is 11.8 Å². The summed E-state index contributed by atoms with van der Waals surface area (Å²) in [4.78, 5) is 26.1. The second-order valence-electron chi connectivity index (χ2n) is 13.9. The highest BCUT2D eigenvalue weighted by Gasteiger charge is 2.50. The van der Waals surface area contributed by atoms with E-state index in [1.807, 2.05) is 20.8 Å². The van der Waals surface area contributed by atoms with Crippen LogP contribution in [0.15, 0.2) is 24.5 Å². The summed E-state index contributed by atoms with van der Waals surface area (Å²) < 4.78 is 31.4. The van der Waals surface area contributed by atoms with Crippen molar-refractivity contribution in [3.8, 4) is 11.6 Å². The van der Waals surface area contributed by atoms with Crippen LogP contribution in [-0.4, -0.2) is 126 Å². The number of hydrogen-bond donors (Lipinski definition) is 1. The van der Waals surface area contributed by atoms with Gasteiger partial charge in [0.05, 0.1) is 12.2 Å². The summed E-state index contributed by atoms with van der Waals surface area (Å²) in [6, 6.07) is 4.44. The Morgan fingerprint density at radius 1 is 1.19 bits per heavy atom. The summed E-state index contributed by atoms with van der Waals surface area (Å²) in [6.07, 6.45) is 4.67. The molecule has 47 heavy (non-hydrogen) atoms. The number of likely N-dealkylation sites (N-methyl/N-ethyl adjacent to an activating group) is 1. The van der Waals surface area contributed by atoms with Crippen molar-refractivity contribution in [3.05, 3.63) is 35.9 Å². The van der Waals surface area contributed by atoms with E-state index in [1.165, 1.54) is 24.5 Å². The lowest BCUT2D eigenvalue weighted by Gasteiger charge is -2.53. The van der Waals surface area contributed by atoms with Crippen LogP contribution in [-0.2, 0) is 9.47 Å². The van der Waals surface area contributed by atoms with Gasteiger partial charge in [0.2, 0.25) is 0 Å². The van der Waals surface area contributed by atoms with Gasteiger partial charge in [-0.15, -0.1) is 22.8 Å². The zero-order chi connectivity index (χ0) is 34.4. The number of ether oxygens (including phenoxy) is 3.